The number of hydrogen-bond acceptors (Lipinski definition) is 3. The normalized spacial score (nSPS) is 28.6. The van der Waals surface area contributed by atoms with Crippen molar-refractivity contribution in [2.45, 2.75) is 45.6 Å². The monoisotopic (exact) mass is 242 g/mol. The first kappa shape index (κ1) is 14.5. The highest BCUT2D eigenvalue weighted by molar-refractivity contribution is 5.77. The SMILES string of the molecule is CC(C)CNC(=O)COC1(CN)CCC(C)C1. The Morgan fingerprint density at radius 2 is 2.29 bits per heavy atom. The minimum absolute atomic E-state index is 0.0360. The van der Waals surface area contributed by atoms with Crippen molar-refractivity contribution in [3.8, 4) is 0 Å². The van der Waals surface area contributed by atoms with Gasteiger partial charge in [0.1, 0.15) is 6.61 Å². The Morgan fingerprint density at radius 1 is 1.59 bits per heavy atom. The lowest BCUT2D eigenvalue weighted by Gasteiger charge is -2.27. The van der Waals surface area contributed by atoms with Gasteiger partial charge in [0.2, 0.25) is 5.91 Å². The van der Waals surface area contributed by atoms with Crippen LogP contribution in [0.15, 0.2) is 0 Å². The molecule has 0 bridgehead atoms. The van der Waals surface area contributed by atoms with Gasteiger partial charge in [-0.1, -0.05) is 20.8 Å². The summed E-state index contributed by atoms with van der Waals surface area (Å²) in [6.45, 7) is 7.70. The number of nitrogens with two attached hydrogens (primary N) is 1. The zero-order chi connectivity index (χ0) is 12.9. The van der Waals surface area contributed by atoms with Crippen LogP contribution in [0.3, 0.4) is 0 Å². The molecule has 0 aromatic carbocycles. The summed E-state index contributed by atoms with van der Waals surface area (Å²) in [5, 5.41) is 2.85. The molecule has 1 rings (SSSR count). The van der Waals surface area contributed by atoms with E-state index in [4.69, 9.17) is 10.5 Å². The Hall–Kier alpha value is -0.610. The lowest BCUT2D eigenvalue weighted by molar-refractivity contribution is -0.132. The molecule has 3 N–H and O–H groups in total. The third kappa shape index (κ3) is 4.64. The van der Waals surface area contributed by atoms with E-state index >= 15 is 0 Å². The van der Waals surface area contributed by atoms with E-state index in [1.165, 1.54) is 0 Å². The lowest BCUT2D eigenvalue weighted by atomic mass is 10.0. The van der Waals surface area contributed by atoms with Crippen molar-refractivity contribution in [1.29, 1.82) is 0 Å². The van der Waals surface area contributed by atoms with Crippen LogP contribution in [0.25, 0.3) is 0 Å². The van der Waals surface area contributed by atoms with Crippen molar-refractivity contribution in [2.24, 2.45) is 17.6 Å². The van der Waals surface area contributed by atoms with Crippen molar-refractivity contribution in [3.63, 3.8) is 0 Å². The van der Waals surface area contributed by atoms with Crippen molar-refractivity contribution in [1.82, 2.24) is 5.32 Å². The summed E-state index contributed by atoms with van der Waals surface area (Å²) >= 11 is 0. The molecule has 0 saturated heterocycles. The van der Waals surface area contributed by atoms with Gasteiger partial charge >= 0.3 is 0 Å². The third-order valence-corrected chi connectivity index (χ3v) is 3.40. The summed E-state index contributed by atoms with van der Waals surface area (Å²) in [7, 11) is 0. The van der Waals surface area contributed by atoms with E-state index in [-0.39, 0.29) is 18.1 Å². The number of carbonyl (C=O) groups excluding carboxylic acids is 1. The molecule has 0 radical (unpaired) electrons. The van der Waals surface area contributed by atoms with Gasteiger partial charge in [-0.2, -0.15) is 0 Å². The number of carbonyl (C=O) groups is 1. The van der Waals surface area contributed by atoms with Crippen LogP contribution in [0, 0.1) is 11.8 Å². The van der Waals surface area contributed by atoms with Gasteiger partial charge < -0.3 is 15.8 Å². The number of hydrogen-bond donors (Lipinski definition) is 2. The molecule has 17 heavy (non-hydrogen) atoms. The average Bonchev–Trinajstić information content (AvgIpc) is 2.66. The summed E-state index contributed by atoms with van der Waals surface area (Å²) in [6, 6.07) is 0. The summed E-state index contributed by atoms with van der Waals surface area (Å²) in [5.41, 5.74) is 5.53. The molecular formula is C13H26N2O2. The molecule has 4 nitrogen and oxygen atoms in total. The number of ether oxygens (including phenoxy) is 1. The van der Waals surface area contributed by atoms with Gasteiger partial charge in [-0.3, -0.25) is 4.79 Å². The molecule has 1 amide bonds. The van der Waals surface area contributed by atoms with E-state index in [1.807, 2.05) is 0 Å². The van der Waals surface area contributed by atoms with Gasteiger partial charge in [0.05, 0.1) is 5.60 Å². The highest BCUT2D eigenvalue weighted by Gasteiger charge is 2.37. The Morgan fingerprint density at radius 3 is 2.76 bits per heavy atom. The van der Waals surface area contributed by atoms with Crippen LogP contribution in [0.2, 0.25) is 0 Å². The fourth-order valence-corrected chi connectivity index (χ4v) is 2.31. The minimum Gasteiger partial charge on any atom is -0.364 e. The lowest BCUT2D eigenvalue weighted by Crippen LogP contribution is -2.42. The predicted molar refractivity (Wildman–Crippen MR) is 68.6 cm³/mol. The van der Waals surface area contributed by atoms with Crippen molar-refractivity contribution in [3.05, 3.63) is 0 Å². The van der Waals surface area contributed by atoms with Crippen molar-refractivity contribution >= 4 is 5.91 Å². The third-order valence-electron chi connectivity index (χ3n) is 3.40. The molecule has 1 saturated carbocycles. The molecule has 100 valence electrons. The molecule has 1 aliphatic rings. The van der Waals surface area contributed by atoms with Crippen LogP contribution in [-0.2, 0) is 9.53 Å². The van der Waals surface area contributed by atoms with E-state index in [0.29, 0.717) is 24.9 Å². The summed E-state index contributed by atoms with van der Waals surface area (Å²) < 4.78 is 5.77. The van der Waals surface area contributed by atoms with Gasteiger partial charge in [-0.25, -0.2) is 0 Å². The average molecular weight is 242 g/mol. The molecule has 0 aliphatic heterocycles. The minimum atomic E-state index is -0.255. The molecule has 4 heteroatoms. The first-order chi connectivity index (χ1) is 7.97. The Bertz CT molecular complexity index is 256. The van der Waals surface area contributed by atoms with Crippen LogP contribution in [0.5, 0.6) is 0 Å². The molecule has 1 aliphatic carbocycles. The maximum absolute atomic E-state index is 11.6. The molecule has 0 spiro atoms. The molecule has 2 unspecified atom stereocenters. The predicted octanol–water partition coefficient (Wildman–Crippen LogP) is 1.29. The largest absolute Gasteiger partial charge is 0.364 e. The molecule has 2 atom stereocenters. The van der Waals surface area contributed by atoms with Crippen molar-refractivity contribution < 1.29 is 9.53 Å². The maximum atomic E-state index is 11.6. The summed E-state index contributed by atoms with van der Waals surface area (Å²) in [5.74, 6) is 1.08. The van der Waals surface area contributed by atoms with Crippen molar-refractivity contribution in [2.75, 3.05) is 19.7 Å². The molecular weight excluding hydrogens is 216 g/mol. The van der Waals surface area contributed by atoms with E-state index in [2.05, 4.69) is 26.1 Å². The van der Waals surface area contributed by atoms with Crippen LogP contribution < -0.4 is 11.1 Å². The fraction of sp³-hybridized carbons (Fsp3) is 0.923. The van der Waals surface area contributed by atoms with Gasteiger partial charge in [-0.05, 0) is 31.1 Å². The number of amides is 1. The first-order valence-corrected chi connectivity index (χ1v) is 6.58. The molecule has 0 aromatic heterocycles. The second-order valence-electron chi connectivity index (χ2n) is 5.72. The fourth-order valence-electron chi connectivity index (χ4n) is 2.31. The van der Waals surface area contributed by atoms with Crippen LogP contribution in [0.4, 0.5) is 0 Å². The number of nitrogens with one attached hydrogen (secondary N) is 1. The quantitative estimate of drug-likeness (QED) is 0.737. The molecule has 1 fully saturated rings. The Labute approximate surface area is 104 Å². The topological polar surface area (TPSA) is 64.3 Å². The second kappa shape index (κ2) is 6.36. The Balaban J connectivity index is 2.30. The van der Waals surface area contributed by atoms with Gasteiger partial charge in [-0.15, -0.1) is 0 Å². The van der Waals surface area contributed by atoms with Crippen LogP contribution in [-0.4, -0.2) is 31.2 Å². The standard InChI is InChI=1S/C13H26N2O2/c1-10(2)7-15-12(16)8-17-13(9-14)5-4-11(3)6-13/h10-11H,4-9,14H2,1-3H3,(H,15,16). The highest BCUT2D eigenvalue weighted by atomic mass is 16.5. The van der Waals surface area contributed by atoms with Gasteiger partial charge in [0.25, 0.3) is 0 Å². The van der Waals surface area contributed by atoms with Gasteiger partial charge in [0.15, 0.2) is 0 Å². The van der Waals surface area contributed by atoms with Gasteiger partial charge in [0, 0.05) is 13.1 Å². The van der Waals surface area contributed by atoms with E-state index in [0.717, 1.165) is 19.3 Å². The summed E-state index contributed by atoms with van der Waals surface area (Å²) in [6.07, 6.45) is 3.09. The second-order valence-corrected chi connectivity index (χ2v) is 5.72. The Kier molecular flexibility index (Phi) is 5.40. The van der Waals surface area contributed by atoms with Crippen LogP contribution >= 0.6 is 0 Å². The smallest absolute Gasteiger partial charge is 0.246 e. The zero-order valence-corrected chi connectivity index (χ0v) is 11.3. The first-order valence-electron chi connectivity index (χ1n) is 6.58. The van der Waals surface area contributed by atoms with E-state index in [9.17, 15) is 4.79 Å². The molecule has 0 aromatic rings. The van der Waals surface area contributed by atoms with E-state index < -0.39 is 0 Å². The van der Waals surface area contributed by atoms with E-state index in [1.54, 1.807) is 0 Å². The summed E-state index contributed by atoms with van der Waals surface area (Å²) in [4.78, 5) is 11.6. The molecule has 0 heterocycles. The number of rotatable bonds is 6. The van der Waals surface area contributed by atoms with Crippen LogP contribution in [0.1, 0.15) is 40.0 Å². The zero-order valence-electron chi connectivity index (χ0n) is 11.3. The maximum Gasteiger partial charge on any atom is 0.246 e. The highest BCUT2D eigenvalue weighted by Crippen LogP contribution is 2.36.